The van der Waals surface area contributed by atoms with Gasteiger partial charge in [-0.15, -0.1) is 0 Å². The quantitative estimate of drug-likeness (QED) is 0.277. The van der Waals surface area contributed by atoms with Crippen LogP contribution in [-0.2, 0) is 34.9 Å². The maximum absolute atomic E-state index is 12.3. The van der Waals surface area contributed by atoms with Gasteiger partial charge in [0.25, 0.3) is 0 Å². The summed E-state index contributed by atoms with van der Waals surface area (Å²) in [6, 6.07) is 3.11. The molecule has 34 heavy (non-hydrogen) atoms. The number of hydrogen-bond donors (Lipinski definition) is 1. The number of rotatable bonds is 11. The van der Waals surface area contributed by atoms with Gasteiger partial charge in [-0.05, 0) is 44.4 Å². The van der Waals surface area contributed by atoms with E-state index in [1.807, 2.05) is 6.92 Å². The molecule has 1 unspecified atom stereocenters. The van der Waals surface area contributed by atoms with Crippen molar-refractivity contribution >= 4 is 24.4 Å². The van der Waals surface area contributed by atoms with Crippen LogP contribution in [0.15, 0.2) is 18.2 Å². The first-order chi connectivity index (χ1) is 16.1. The fraction of sp³-hybridized carbons (Fsp3) is 0.545. The van der Waals surface area contributed by atoms with Crippen molar-refractivity contribution in [1.29, 1.82) is 0 Å². The topological polar surface area (TPSA) is 159 Å². The number of methoxy groups -OCH3 is 2. The molecule has 190 valence electrons. The van der Waals surface area contributed by atoms with Crippen LogP contribution in [0.4, 0.5) is 14.4 Å². The molecule has 0 saturated heterocycles. The molecule has 12 nitrogen and oxygen atoms in total. The number of esters is 1. The number of ether oxygens (including phenoxy) is 7. The molecule has 2 N–H and O–H groups in total. The van der Waals surface area contributed by atoms with E-state index in [1.54, 1.807) is 13.8 Å². The summed E-state index contributed by atoms with van der Waals surface area (Å²) in [4.78, 5) is 46.8. The zero-order valence-corrected chi connectivity index (χ0v) is 19.9. The van der Waals surface area contributed by atoms with E-state index in [4.69, 9.17) is 29.4 Å². The number of hydrogen-bond acceptors (Lipinski definition) is 12. The van der Waals surface area contributed by atoms with Crippen LogP contribution < -0.4 is 15.2 Å². The number of benzene rings is 1. The lowest BCUT2D eigenvalue weighted by atomic mass is 10.1. The SMILES string of the molecule is CCCC(C)OC(=O)O[C@@H](C)COC(=O)[C@@H](N)Cc1ccc(OC(=O)OC)c(OC(=O)OC)c1. The lowest BCUT2D eigenvalue weighted by molar-refractivity contribution is -0.148. The van der Waals surface area contributed by atoms with Crippen LogP contribution in [0, 0.1) is 0 Å². The molecule has 0 bridgehead atoms. The molecule has 0 spiro atoms. The van der Waals surface area contributed by atoms with Crippen LogP contribution in [0.1, 0.15) is 39.2 Å². The van der Waals surface area contributed by atoms with Crippen molar-refractivity contribution in [2.45, 2.75) is 58.3 Å². The highest BCUT2D eigenvalue weighted by atomic mass is 16.7. The zero-order valence-electron chi connectivity index (χ0n) is 19.9. The van der Waals surface area contributed by atoms with Crippen LogP contribution in [0.2, 0.25) is 0 Å². The molecule has 0 aliphatic heterocycles. The summed E-state index contributed by atoms with van der Waals surface area (Å²) in [7, 11) is 2.22. The lowest BCUT2D eigenvalue weighted by Gasteiger charge is -2.18. The summed E-state index contributed by atoms with van der Waals surface area (Å²) >= 11 is 0. The Kier molecular flexibility index (Phi) is 12.2. The van der Waals surface area contributed by atoms with Gasteiger partial charge in [0.2, 0.25) is 0 Å². The summed E-state index contributed by atoms with van der Waals surface area (Å²) in [6.07, 6.45) is -2.38. The molecular weight excluding hydrogens is 454 g/mol. The molecule has 1 aromatic carbocycles. The minimum absolute atomic E-state index is 0.000677. The molecule has 12 heteroatoms. The number of carbonyl (C=O) groups is 4. The zero-order chi connectivity index (χ0) is 25.7. The smallest absolute Gasteiger partial charge is 0.461 e. The van der Waals surface area contributed by atoms with E-state index in [2.05, 4.69) is 9.47 Å². The first-order valence-corrected chi connectivity index (χ1v) is 10.5. The standard InChI is InChI=1S/C22H31NO11/c1-6-7-13(2)31-22(27)32-14(3)12-30-19(24)16(23)10-15-8-9-17(33-20(25)28-4)18(11-15)34-21(26)29-5/h8-9,11,13-14,16H,6-7,10,12,23H2,1-5H3/t13?,14-,16-/m0/s1. The second-order valence-electron chi connectivity index (χ2n) is 7.23. The van der Waals surface area contributed by atoms with E-state index in [-0.39, 0.29) is 30.6 Å². The highest BCUT2D eigenvalue weighted by Crippen LogP contribution is 2.29. The molecule has 0 aliphatic rings. The van der Waals surface area contributed by atoms with Gasteiger partial charge in [0.05, 0.1) is 14.2 Å². The maximum Gasteiger partial charge on any atom is 0.513 e. The first kappa shape index (κ1) is 28.5. The first-order valence-electron chi connectivity index (χ1n) is 10.5. The molecule has 0 aromatic heterocycles. The Morgan fingerprint density at radius 3 is 2.06 bits per heavy atom. The summed E-state index contributed by atoms with van der Waals surface area (Å²) in [5, 5.41) is 0. The van der Waals surface area contributed by atoms with Crippen molar-refractivity contribution in [2.24, 2.45) is 5.73 Å². The normalized spacial score (nSPS) is 13.0. The predicted molar refractivity (Wildman–Crippen MR) is 117 cm³/mol. The van der Waals surface area contributed by atoms with E-state index in [0.29, 0.717) is 12.0 Å². The largest absolute Gasteiger partial charge is 0.513 e. The minimum Gasteiger partial charge on any atom is -0.461 e. The third kappa shape index (κ3) is 10.4. The molecule has 1 aromatic rings. The Bertz CT molecular complexity index is 842. The lowest BCUT2D eigenvalue weighted by Crippen LogP contribution is -2.36. The highest BCUT2D eigenvalue weighted by molar-refractivity contribution is 5.76. The highest BCUT2D eigenvalue weighted by Gasteiger charge is 2.21. The van der Waals surface area contributed by atoms with Crippen molar-refractivity contribution in [3.63, 3.8) is 0 Å². The molecular formula is C22H31NO11. The van der Waals surface area contributed by atoms with Crippen molar-refractivity contribution in [1.82, 2.24) is 0 Å². The van der Waals surface area contributed by atoms with Crippen molar-refractivity contribution in [3.8, 4) is 11.5 Å². The summed E-state index contributed by atoms with van der Waals surface area (Å²) in [5.74, 6) is -0.995. The van der Waals surface area contributed by atoms with Crippen molar-refractivity contribution in [2.75, 3.05) is 20.8 Å². The molecule has 0 saturated carbocycles. The van der Waals surface area contributed by atoms with E-state index >= 15 is 0 Å². The Hall–Kier alpha value is -3.54. The monoisotopic (exact) mass is 485 g/mol. The number of nitrogens with two attached hydrogens (primary N) is 1. The Morgan fingerprint density at radius 2 is 1.47 bits per heavy atom. The second-order valence-corrected chi connectivity index (χ2v) is 7.23. The third-order valence-corrected chi connectivity index (χ3v) is 4.24. The summed E-state index contributed by atoms with van der Waals surface area (Å²) in [5.41, 5.74) is 6.38. The average Bonchev–Trinajstić information content (AvgIpc) is 2.78. The van der Waals surface area contributed by atoms with Gasteiger partial charge in [-0.1, -0.05) is 19.4 Å². The van der Waals surface area contributed by atoms with Gasteiger partial charge < -0.3 is 38.9 Å². The third-order valence-electron chi connectivity index (χ3n) is 4.24. The maximum atomic E-state index is 12.3. The van der Waals surface area contributed by atoms with Gasteiger partial charge in [-0.3, -0.25) is 4.79 Å². The van der Waals surface area contributed by atoms with Crippen LogP contribution in [0.25, 0.3) is 0 Å². The van der Waals surface area contributed by atoms with Gasteiger partial charge in [-0.2, -0.15) is 0 Å². The fourth-order valence-corrected chi connectivity index (χ4v) is 2.61. The van der Waals surface area contributed by atoms with Gasteiger partial charge in [0, 0.05) is 0 Å². The second kappa shape index (κ2) is 14.6. The summed E-state index contributed by atoms with van der Waals surface area (Å²) in [6.45, 7) is 5.05. The minimum atomic E-state index is -1.08. The fourth-order valence-electron chi connectivity index (χ4n) is 2.61. The van der Waals surface area contributed by atoms with Gasteiger partial charge in [-0.25, -0.2) is 14.4 Å². The Balaban J connectivity index is 2.68. The van der Waals surface area contributed by atoms with E-state index in [0.717, 1.165) is 20.6 Å². The van der Waals surface area contributed by atoms with E-state index in [9.17, 15) is 19.2 Å². The van der Waals surface area contributed by atoms with Crippen molar-refractivity contribution < 1.29 is 52.3 Å². The van der Waals surface area contributed by atoms with Crippen LogP contribution in [-0.4, -0.2) is 63.5 Å². The Labute approximate surface area is 197 Å². The van der Waals surface area contributed by atoms with Gasteiger partial charge >= 0.3 is 24.4 Å². The van der Waals surface area contributed by atoms with E-state index in [1.165, 1.54) is 18.2 Å². The van der Waals surface area contributed by atoms with Crippen molar-refractivity contribution in [3.05, 3.63) is 23.8 Å². The molecule has 0 aliphatic carbocycles. The van der Waals surface area contributed by atoms with E-state index < -0.39 is 36.6 Å². The predicted octanol–water partition coefficient (Wildman–Crippen LogP) is 3.12. The molecule has 1 rings (SSSR count). The Morgan fingerprint density at radius 1 is 0.882 bits per heavy atom. The number of carbonyl (C=O) groups excluding carboxylic acids is 4. The molecule has 0 radical (unpaired) electrons. The van der Waals surface area contributed by atoms with Crippen LogP contribution in [0.5, 0.6) is 11.5 Å². The molecule has 0 heterocycles. The van der Waals surface area contributed by atoms with Crippen LogP contribution >= 0.6 is 0 Å². The average molecular weight is 485 g/mol. The summed E-state index contributed by atoms with van der Waals surface area (Å²) < 4.78 is 34.0. The molecule has 0 amide bonds. The van der Waals surface area contributed by atoms with Crippen LogP contribution in [0.3, 0.4) is 0 Å². The molecule has 0 fully saturated rings. The van der Waals surface area contributed by atoms with Gasteiger partial charge in [0.1, 0.15) is 24.9 Å². The molecule has 3 atom stereocenters. The van der Waals surface area contributed by atoms with Gasteiger partial charge in [0.15, 0.2) is 11.5 Å².